The number of benzene rings is 1. The van der Waals surface area contributed by atoms with Gasteiger partial charge in [-0.05, 0) is 30.2 Å². The molecule has 2 aromatic rings. The first-order valence-electron chi connectivity index (χ1n) is 8.23. The largest absolute Gasteiger partial charge is 0.453 e. The Morgan fingerprint density at radius 1 is 1.36 bits per heavy atom. The molecule has 1 aromatic heterocycles. The van der Waals surface area contributed by atoms with Crippen molar-refractivity contribution in [1.82, 2.24) is 4.90 Å². The molecule has 0 bridgehead atoms. The van der Waals surface area contributed by atoms with Crippen molar-refractivity contribution in [3.05, 3.63) is 45.8 Å². The Labute approximate surface area is 166 Å². The molecule has 1 aromatic carbocycles. The van der Waals surface area contributed by atoms with Gasteiger partial charge in [0.2, 0.25) is 0 Å². The predicted molar refractivity (Wildman–Crippen MR) is 103 cm³/mol. The fraction of sp³-hybridized carbons (Fsp3) is 0.278. The number of nitrogens with one attached hydrogen (secondary N) is 1. The highest BCUT2D eigenvalue weighted by atomic mass is 32.2. The lowest BCUT2D eigenvalue weighted by atomic mass is 10.0. The normalized spacial score (nSPS) is 13.4. The summed E-state index contributed by atoms with van der Waals surface area (Å²) < 4.78 is 28.1. The number of anilines is 1. The molecule has 0 radical (unpaired) electrons. The number of nitrogens with zero attached hydrogens (tertiary/aromatic N) is 2. The number of carbonyl (C=O) groups excluding carboxylic acids is 2. The van der Waals surface area contributed by atoms with Gasteiger partial charge in [-0.3, -0.25) is 4.79 Å². The molecule has 3 rings (SSSR count). The molecule has 8 nitrogen and oxygen atoms in total. The second-order valence-electron chi connectivity index (χ2n) is 6.22. The van der Waals surface area contributed by atoms with Crippen molar-refractivity contribution in [3.63, 3.8) is 0 Å². The molecule has 28 heavy (non-hydrogen) atoms. The Balaban J connectivity index is 1.88. The molecule has 0 unspecified atom stereocenters. The van der Waals surface area contributed by atoms with Crippen LogP contribution in [0.3, 0.4) is 0 Å². The van der Waals surface area contributed by atoms with Gasteiger partial charge in [-0.15, -0.1) is 11.3 Å². The summed E-state index contributed by atoms with van der Waals surface area (Å²) in [7, 11) is -2.13. The first-order chi connectivity index (χ1) is 13.2. The highest BCUT2D eigenvalue weighted by Crippen LogP contribution is 2.37. The van der Waals surface area contributed by atoms with Gasteiger partial charge in [0.15, 0.2) is 9.84 Å². The number of sulfone groups is 1. The number of hydrogen-bond donors (Lipinski definition) is 1. The van der Waals surface area contributed by atoms with E-state index in [-0.39, 0.29) is 10.5 Å². The van der Waals surface area contributed by atoms with Gasteiger partial charge in [0.05, 0.1) is 24.1 Å². The van der Waals surface area contributed by atoms with Crippen LogP contribution < -0.4 is 5.32 Å². The Morgan fingerprint density at radius 3 is 2.75 bits per heavy atom. The van der Waals surface area contributed by atoms with Gasteiger partial charge in [0.25, 0.3) is 5.91 Å². The summed E-state index contributed by atoms with van der Waals surface area (Å²) in [4.78, 5) is 26.7. The number of thiophene rings is 1. The first kappa shape index (κ1) is 19.9. The fourth-order valence-corrected chi connectivity index (χ4v) is 4.81. The number of fused-ring (bicyclic) bond motifs is 1. The number of amides is 2. The first-order valence-corrected chi connectivity index (χ1v) is 10.9. The number of hydrogen-bond acceptors (Lipinski definition) is 7. The third-order valence-corrected chi connectivity index (χ3v) is 6.60. The van der Waals surface area contributed by atoms with E-state index in [9.17, 15) is 23.3 Å². The van der Waals surface area contributed by atoms with Crippen LogP contribution in [0.25, 0.3) is 0 Å². The molecule has 0 atom stereocenters. The van der Waals surface area contributed by atoms with Crippen molar-refractivity contribution in [3.8, 4) is 6.07 Å². The van der Waals surface area contributed by atoms with Gasteiger partial charge in [-0.1, -0.05) is 6.07 Å². The van der Waals surface area contributed by atoms with Gasteiger partial charge in [-0.25, -0.2) is 13.2 Å². The van der Waals surface area contributed by atoms with Crippen LogP contribution in [0.1, 0.15) is 26.4 Å². The minimum Gasteiger partial charge on any atom is -0.453 e. The molecule has 0 saturated carbocycles. The molecule has 0 fully saturated rings. The smallest absolute Gasteiger partial charge is 0.409 e. The van der Waals surface area contributed by atoms with Crippen LogP contribution in [0.5, 0.6) is 0 Å². The lowest BCUT2D eigenvalue weighted by molar-refractivity contribution is 0.102. The van der Waals surface area contributed by atoms with E-state index in [2.05, 4.69) is 11.4 Å². The van der Waals surface area contributed by atoms with Crippen LogP contribution in [-0.4, -0.2) is 45.2 Å². The molecule has 1 aliphatic heterocycles. The topological polar surface area (TPSA) is 117 Å². The maximum absolute atomic E-state index is 12.6. The van der Waals surface area contributed by atoms with Crippen LogP contribution >= 0.6 is 11.3 Å². The molecule has 10 heteroatoms. The van der Waals surface area contributed by atoms with Gasteiger partial charge >= 0.3 is 6.09 Å². The van der Waals surface area contributed by atoms with E-state index in [4.69, 9.17) is 4.74 Å². The summed E-state index contributed by atoms with van der Waals surface area (Å²) in [6, 6.07) is 7.82. The Bertz CT molecular complexity index is 1100. The highest BCUT2D eigenvalue weighted by Gasteiger charge is 2.28. The van der Waals surface area contributed by atoms with Gasteiger partial charge in [0, 0.05) is 23.2 Å². The lowest BCUT2D eigenvalue weighted by Gasteiger charge is -2.25. The van der Waals surface area contributed by atoms with E-state index < -0.39 is 21.8 Å². The van der Waals surface area contributed by atoms with Crippen molar-refractivity contribution >= 4 is 38.2 Å². The summed E-state index contributed by atoms with van der Waals surface area (Å²) in [5.74, 6) is -0.509. The van der Waals surface area contributed by atoms with Crippen molar-refractivity contribution in [1.29, 1.82) is 5.26 Å². The zero-order valence-electron chi connectivity index (χ0n) is 15.2. The Kier molecular flexibility index (Phi) is 5.40. The van der Waals surface area contributed by atoms with Crippen molar-refractivity contribution in [2.75, 3.05) is 25.2 Å². The van der Waals surface area contributed by atoms with E-state index in [0.29, 0.717) is 30.1 Å². The van der Waals surface area contributed by atoms with Gasteiger partial charge < -0.3 is 15.0 Å². The van der Waals surface area contributed by atoms with Crippen LogP contribution in [0.2, 0.25) is 0 Å². The monoisotopic (exact) mass is 419 g/mol. The molecule has 1 aliphatic rings. The molecular formula is C18H17N3O5S2. The predicted octanol–water partition coefficient (Wildman–Crippen LogP) is 2.40. The number of rotatable bonds is 3. The number of carbonyl (C=O) groups is 2. The molecule has 1 N–H and O–H groups in total. The molecule has 0 spiro atoms. The van der Waals surface area contributed by atoms with Crippen molar-refractivity contribution in [2.24, 2.45) is 0 Å². The van der Waals surface area contributed by atoms with E-state index in [1.165, 1.54) is 47.6 Å². The summed E-state index contributed by atoms with van der Waals surface area (Å²) in [5.41, 5.74) is 1.36. The molecule has 2 amide bonds. The number of ether oxygens (including phenoxy) is 1. The van der Waals surface area contributed by atoms with Crippen molar-refractivity contribution in [2.45, 2.75) is 17.9 Å². The minimum atomic E-state index is -3.44. The van der Waals surface area contributed by atoms with E-state index in [1.54, 1.807) is 0 Å². The minimum absolute atomic E-state index is 0.0415. The van der Waals surface area contributed by atoms with Crippen LogP contribution in [0.15, 0.2) is 29.2 Å². The Hall–Kier alpha value is -2.90. The molecular weight excluding hydrogens is 402 g/mol. The zero-order valence-corrected chi connectivity index (χ0v) is 16.8. The molecule has 146 valence electrons. The number of nitriles is 1. The average Bonchev–Trinajstić information content (AvgIpc) is 3.02. The van der Waals surface area contributed by atoms with Gasteiger partial charge in [-0.2, -0.15) is 5.26 Å². The third-order valence-electron chi connectivity index (χ3n) is 4.35. The lowest BCUT2D eigenvalue weighted by Crippen LogP contribution is -2.35. The average molecular weight is 419 g/mol. The van der Waals surface area contributed by atoms with Crippen LogP contribution in [0.4, 0.5) is 9.80 Å². The van der Waals surface area contributed by atoms with Gasteiger partial charge in [0.1, 0.15) is 11.1 Å². The quantitative estimate of drug-likeness (QED) is 0.816. The molecule has 0 aliphatic carbocycles. The Morgan fingerprint density at radius 2 is 2.11 bits per heavy atom. The van der Waals surface area contributed by atoms with E-state index in [0.717, 1.165) is 16.7 Å². The summed E-state index contributed by atoms with van der Waals surface area (Å²) in [6.07, 6.45) is 1.11. The zero-order chi connectivity index (χ0) is 20.5. The fourth-order valence-electron chi connectivity index (χ4n) is 2.94. The SMILES string of the molecule is COC(=O)N1CCc2c(sc(NC(=O)c3cccc(S(C)(=O)=O)c3)c2C#N)C1. The highest BCUT2D eigenvalue weighted by molar-refractivity contribution is 7.90. The standard InChI is InChI=1S/C18H17N3O5S2/c1-26-18(23)21-7-6-13-14(9-19)17(27-15(13)10-21)20-16(22)11-4-3-5-12(8-11)28(2,24)25/h3-5,8H,6-7,10H2,1-2H3,(H,20,22). The summed E-state index contributed by atoms with van der Waals surface area (Å²) >= 11 is 1.23. The van der Waals surface area contributed by atoms with Crippen LogP contribution in [-0.2, 0) is 27.5 Å². The molecule has 0 saturated heterocycles. The van der Waals surface area contributed by atoms with Crippen LogP contribution in [0, 0.1) is 11.3 Å². The van der Waals surface area contributed by atoms with E-state index >= 15 is 0 Å². The van der Waals surface area contributed by atoms with Crippen molar-refractivity contribution < 1.29 is 22.7 Å². The second kappa shape index (κ2) is 7.61. The third kappa shape index (κ3) is 3.85. The summed E-state index contributed by atoms with van der Waals surface area (Å²) in [5, 5.41) is 12.6. The molecule has 2 heterocycles. The maximum Gasteiger partial charge on any atom is 0.409 e. The second-order valence-corrected chi connectivity index (χ2v) is 9.34. The van der Waals surface area contributed by atoms with E-state index in [1.807, 2.05) is 0 Å². The summed E-state index contributed by atoms with van der Waals surface area (Å²) in [6.45, 7) is 0.732. The number of methoxy groups -OCH3 is 1. The maximum atomic E-state index is 12.6.